The maximum absolute atomic E-state index is 13.4. The average Bonchev–Trinajstić information content (AvgIpc) is 2.96. The van der Waals surface area contributed by atoms with E-state index in [1.54, 1.807) is 24.3 Å². The summed E-state index contributed by atoms with van der Waals surface area (Å²) in [6.45, 7) is 0.0497. The highest BCUT2D eigenvalue weighted by atomic mass is 35.5. The molecule has 0 fully saturated rings. The van der Waals surface area contributed by atoms with E-state index in [1.165, 1.54) is 48.5 Å². The standard InChI is InChI=1S/C23H15ClF2N2O2/c24-16-5-1-14(2-6-16)13-28-22(29)20(15-3-7-17(25)8-4-15)21(23(28)30)27-19-11-9-18(26)10-12-19/h1-12,27H,13H2. The molecule has 3 aromatic carbocycles. The number of amides is 2. The van der Waals surface area contributed by atoms with Crippen molar-refractivity contribution in [3.8, 4) is 0 Å². The Morgan fingerprint density at radius 2 is 1.33 bits per heavy atom. The van der Waals surface area contributed by atoms with E-state index in [1.807, 2.05) is 0 Å². The molecule has 0 aromatic heterocycles. The first kappa shape index (κ1) is 19.8. The van der Waals surface area contributed by atoms with Crippen LogP contribution in [0, 0.1) is 11.6 Å². The predicted octanol–water partition coefficient (Wildman–Crippen LogP) is 5.01. The number of halogens is 3. The Hall–Kier alpha value is -3.51. The van der Waals surface area contributed by atoms with Crippen molar-refractivity contribution >= 4 is 34.7 Å². The number of anilines is 1. The van der Waals surface area contributed by atoms with Crippen LogP contribution in [0.25, 0.3) is 5.57 Å². The third-order valence-corrected chi connectivity index (χ3v) is 4.92. The zero-order valence-corrected chi connectivity index (χ0v) is 16.3. The summed E-state index contributed by atoms with van der Waals surface area (Å²) >= 11 is 5.90. The molecule has 0 bridgehead atoms. The predicted molar refractivity (Wildman–Crippen MR) is 110 cm³/mol. The summed E-state index contributed by atoms with van der Waals surface area (Å²) in [6.07, 6.45) is 0. The van der Waals surface area contributed by atoms with Gasteiger partial charge < -0.3 is 5.32 Å². The molecule has 4 rings (SSSR count). The molecule has 3 aromatic rings. The smallest absolute Gasteiger partial charge is 0.278 e. The van der Waals surface area contributed by atoms with Crippen LogP contribution in [0.3, 0.4) is 0 Å². The van der Waals surface area contributed by atoms with Gasteiger partial charge in [-0.2, -0.15) is 0 Å². The second kappa shape index (κ2) is 8.08. The van der Waals surface area contributed by atoms with E-state index in [2.05, 4.69) is 5.32 Å². The molecule has 0 unspecified atom stereocenters. The Bertz CT molecular complexity index is 1140. The Morgan fingerprint density at radius 1 is 0.767 bits per heavy atom. The molecule has 0 saturated heterocycles. The average molecular weight is 425 g/mol. The lowest BCUT2D eigenvalue weighted by atomic mass is 10.0. The van der Waals surface area contributed by atoms with Crippen molar-refractivity contribution < 1.29 is 18.4 Å². The molecule has 0 radical (unpaired) electrons. The molecular weight excluding hydrogens is 410 g/mol. The number of benzene rings is 3. The van der Waals surface area contributed by atoms with E-state index < -0.39 is 23.4 Å². The lowest BCUT2D eigenvalue weighted by molar-refractivity contribution is -0.137. The fraction of sp³-hybridized carbons (Fsp3) is 0.0435. The van der Waals surface area contributed by atoms with Gasteiger partial charge >= 0.3 is 0 Å². The van der Waals surface area contributed by atoms with E-state index >= 15 is 0 Å². The van der Waals surface area contributed by atoms with E-state index in [0.29, 0.717) is 16.3 Å². The molecule has 0 aliphatic carbocycles. The van der Waals surface area contributed by atoms with Crippen LogP contribution in [0.2, 0.25) is 5.02 Å². The molecule has 1 N–H and O–H groups in total. The summed E-state index contributed by atoms with van der Waals surface area (Å²) in [5.41, 5.74) is 1.74. The highest BCUT2D eigenvalue weighted by Gasteiger charge is 2.39. The number of hydrogen-bond donors (Lipinski definition) is 1. The molecule has 1 aliphatic heterocycles. The molecule has 4 nitrogen and oxygen atoms in total. The minimum Gasteiger partial charge on any atom is -0.350 e. The van der Waals surface area contributed by atoms with Gasteiger partial charge in [-0.3, -0.25) is 14.5 Å². The first-order valence-electron chi connectivity index (χ1n) is 9.06. The summed E-state index contributed by atoms with van der Waals surface area (Å²) < 4.78 is 26.6. The van der Waals surface area contributed by atoms with Crippen molar-refractivity contribution in [1.82, 2.24) is 4.90 Å². The number of carbonyl (C=O) groups excluding carboxylic acids is 2. The van der Waals surface area contributed by atoms with Crippen LogP contribution in [0.1, 0.15) is 11.1 Å². The second-order valence-corrected chi connectivity index (χ2v) is 7.15. The van der Waals surface area contributed by atoms with Crippen LogP contribution < -0.4 is 5.32 Å². The molecule has 150 valence electrons. The van der Waals surface area contributed by atoms with Crippen LogP contribution in [0.15, 0.2) is 78.5 Å². The topological polar surface area (TPSA) is 49.4 Å². The maximum atomic E-state index is 13.4. The minimum atomic E-state index is -0.529. The van der Waals surface area contributed by atoms with Crippen molar-refractivity contribution in [1.29, 1.82) is 0 Å². The van der Waals surface area contributed by atoms with Gasteiger partial charge in [0.05, 0.1) is 12.1 Å². The van der Waals surface area contributed by atoms with Crippen molar-refractivity contribution in [2.75, 3.05) is 5.32 Å². The molecule has 0 atom stereocenters. The number of carbonyl (C=O) groups is 2. The lowest BCUT2D eigenvalue weighted by Crippen LogP contribution is -2.32. The zero-order valence-electron chi connectivity index (χ0n) is 15.5. The van der Waals surface area contributed by atoms with Gasteiger partial charge in [0.2, 0.25) is 0 Å². The van der Waals surface area contributed by atoms with Crippen LogP contribution in [-0.2, 0) is 16.1 Å². The van der Waals surface area contributed by atoms with Crippen molar-refractivity contribution in [3.63, 3.8) is 0 Å². The first-order valence-corrected chi connectivity index (χ1v) is 9.43. The summed E-state index contributed by atoms with van der Waals surface area (Å²) in [5.74, 6) is -1.92. The summed E-state index contributed by atoms with van der Waals surface area (Å²) in [5, 5.41) is 3.47. The van der Waals surface area contributed by atoms with Crippen molar-refractivity contribution in [2.24, 2.45) is 0 Å². The summed E-state index contributed by atoms with van der Waals surface area (Å²) in [4.78, 5) is 27.4. The fourth-order valence-electron chi connectivity index (χ4n) is 3.17. The highest BCUT2D eigenvalue weighted by Crippen LogP contribution is 2.31. The SMILES string of the molecule is O=C1C(Nc2ccc(F)cc2)=C(c2ccc(F)cc2)C(=O)N1Cc1ccc(Cl)cc1. The Morgan fingerprint density at radius 3 is 1.93 bits per heavy atom. The van der Waals surface area contributed by atoms with E-state index in [0.717, 1.165) is 10.5 Å². The molecule has 30 heavy (non-hydrogen) atoms. The molecule has 0 spiro atoms. The molecule has 2 amide bonds. The van der Waals surface area contributed by atoms with E-state index in [4.69, 9.17) is 11.6 Å². The lowest BCUT2D eigenvalue weighted by Gasteiger charge is -2.15. The first-order chi connectivity index (χ1) is 14.4. The number of nitrogens with one attached hydrogen (secondary N) is 1. The minimum absolute atomic E-state index is 0.0483. The number of imide groups is 1. The van der Waals surface area contributed by atoms with Gasteiger partial charge in [-0.25, -0.2) is 8.78 Å². The van der Waals surface area contributed by atoms with Gasteiger partial charge in [0.15, 0.2) is 0 Å². The maximum Gasteiger partial charge on any atom is 0.278 e. The molecule has 1 aliphatic rings. The number of nitrogens with zero attached hydrogens (tertiary/aromatic N) is 1. The second-order valence-electron chi connectivity index (χ2n) is 6.71. The summed E-state index contributed by atoms with van der Waals surface area (Å²) in [7, 11) is 0. The molecular formula is C23H15ClF2N2O2. The van der Waals surface area contributed by atoms with Gasteiger partial charge in [0, 0.05) is 10.7 Å². The largest absolute Gasteiger partial charge is 0.350 e. The number of hydrogen-bond acceptors (Lipinski definition) is 3. The highest BCUT2D eigenvalue weighted by molar-refractivity contribution is 6.36. The monoisotopic (exact) mass is 424 g/mol. The van der Waals surface area contributed by atoms with Gasteiger partial charge in [-0.15, -0.1) is 0 Å². The van der Waals surface area contributed by atoms with Crippen molar-refractivity contribution in [2.45, 2.75) is 6.54 Å². The van der Waals surface area contributed by atoms with Crippen LogP contribution in [-0.4, -0.2) is 16.7 Å². The van der Waals surface area contributed by atoms with Gasteiger partial charge in [-0.05, 0) is 59.7 Å². The quantitative estimate of drug-likeness (QED) is 0.586. The Balaban J connectivity index is 1.72. The third-order valence-electron chi connectivity index (χ3n) is 4.67. The van der Waals surface area contributed by atoms with Crippen molar-refractivity contribution in [3.05, 3.63) is 106 Å². The fourth-order valence-corrected chi connectivity index (χ4v) is 3.30. The molecule has 0 saturated carbocycles. The normalized spacial score (nSPS) is 13.9. The molecule has 7 heteroatoms. The van der Waals surface area contributed by atoms with Gasteiger partial charge in [0.1, 0.15) is 17.3 Å². The van der Waals surface area contributed by atoms with Crippen LogP contribution in [0.5, 0.6) is 0 Å². The zero-order chi connectivity index (χ0) is 21.3. The molecule has 1 heterocycles. The number of rotatable bonds is 5. The van der Waals surface area contributed by atoms with Gasteiger partial charge in [-0.1, -0.05) is 35.9 Å². The van der Waals surface area contributed by atoms with E-state index in [-0.39, 0.29) is 17.8 Å². The van der Waals surface area contributed by atoms with E-state index in [9.17, 15) is 18.4 Å². The van der Waals surface area contributed by atoms with Crippen LogP contribution in [0.4, 0.5) is 14.5 Å². The van der Waals surface area contributed by atoms with Gasteiger partial charge in [0.25, 0.3) is 11.8 Å². The Labute approximate surface area is 176 Å². The Kier molecular flexibility index (Phi) is 5.33. The van der Waals surface area contributed by atoms with Crippen LogP contribution >= 0.6 is 11.6 Å². The third kappa shape index (κ3) is 3.95. The summed E-state index contributed by atoms with van der Waals surface area (Å²) in [6, 6.07) is 17.5.